The molecule has 4 rings (SSSR count). The highest BCUT2D eigenvalue weighted by atomic mass is 19.1. The van der Waals surface area contributed by atoms with Crippen molar-refractivity contribution in [1.82, 2.24) is 10.2 Å². The van der Waals surface area contributed by atoms with Crippen LogP contribution in [-0.4, -0.2) is 23.3 Å². The van der Waals surface area contributed by atoms with E-state index in [1.54, 1.807) is 42.5 Å². The predicted octanol–water partition coefficient (Wildman–Crippen LogP) is 5.07. The molecule has 0 fully saturated rings. The molecule has 3 N–H and O–H groups in total. The molecule has 7 nitrogen and oxygen atoms in total. The number of carbonyl (C=O) groups excluding carboxylic acids is 1. The molecule has 31 heavy (non-hydrogen) atoms. The summed E-state index contributed by atoms with van der Waals surface area (Å²) in [4.78, 5) is 12.4. The van der Waals surface area contributed by atoms with Gasteiger partial charge in [0.2, 0.25) is 0 Å². The zero-order valence-electron chi connectivity index (χ0n) is 16.4. The van der Waals surface area contributed by atoms with Crippen LogP contribution in [0.1, 0.15) is 5.56 Å². The third kappa shape index (κ3) is 4.55. The van der Waals surface area contributed by atoms with Crippen LogP contribution in [0.5, 0.6) is 11.5 Å². The van der Waals surface area contributed by atoms with Crippen LogP contribution in [0, 0.1) is 11.6 Å². The molecule has 9 heteroatoms. The zero-order chi connectivity index (χ0) is 21.8. The van der Waals surface area contributed by atoms with E-state index in [0.717, 1.165) is 0 Å². The summed E-state index contributed by atoms with van der Waals surface area (Å²) in [5.74, 6) is -0.108. The Kier molecular flexibility index (Phi) is 5.65. The zero-order valence-corrected chi connectivity index (χ0v) is 16.4. The summed E-state index contributed by atoms with van der Waals surface area (Å²) in [5.41, 5.74) is 1.04. The van der Waals surface area contributed by atoms with Gasteiger partial charge in [0.1, 0.15) is 29.7 Å². The highest BCUT2D eigenvalue weighted by Gasteiger charge is 2.13. The Morgan fingerprint density at radius 3 is 2.55 bits per heavy atom. The van der Waals surface area contributed by atoms with Gasteiger partial charge in [-0.1, -0.05) is 12.1 Å². The van der Waals surface area contributed by atoms with Gasteiger partial charge in [0.25, 0.3) is 0 Å². The van der Waals surface area contributed by atoms with Crippen LogP contribution in [0.15, 0.2) is 60.7 Å². The Morgan fingerprint density at radius 2 is 1.77 bits per heavy atom. The molecule has 1 aromatic heterocycles. The maximum Gasteiger partial charge on any atom is 0.324 e. The van der Waals surface area contributed by atoms with E-state index in [2.05, 4.69) is 20.8 Å². The summed E-state index contributed by atoms with van der Waals surface area (Å²) in [6, 6.07) is 15.0. The quantitative estimate of drug-likeness (QED) is 0.403. The van der Waals surface area contributed by atoms with Gasteiger partial charge in [-0.2, -0.15) is 5.10 Å². The summed E-state index contributed by atoms with van der Waals surface area (Å²) in [5, 5.41) is 12.8. The van der Waals surface area contributed by atoms with E-state index in [9.17, 15) is 13.6 Å². The Balaban J connectivity index is 1.48. The second-order valence-electron chi connectivity index (χ2n) is 6.58. The number of aromatic nitrogens is 2. The average Bonchev–Trinajstić information content (AvgIpc) is 3.15. The van der Waals surface area contributed by atoms with E-state index in [1.807, 2.05) is 0 Å². The van der Waals surface area contributed by atoms with Crippen LogP contribution in [-0.2, 0) is 6.61 Å². The minimum Gasteiger partial charge on any atom is -0.497 e. The third-order valence-electron chi connectivity index (χ3n) is 4.54. The molecule has 0 radical (unpaired) electrons. The number of ether oxygens (including phenoxy) is 2. The first kappa shape index (κ1) is 20.1. The average molecular weight is 424 g/mol. The summed E-state index contributed by atoms with van der Waals surface area (Å²) in [7, 11) is 1.54. The molecule has 0 aliphatic carbocycles. The van der Waals surface area contributed by atoms with Crippen molar-refractivity contribution in [2.24, 2.45) is 0 Å². The Morgan fingerprint density at radius 1 is 1.00 bits per heavy atom. The van der Waals surface area contributed by atoms with Crippen LogP contribution < -0.4 is 20.1 Å². The fourth-order valence-electron chi connectivity index (χ4n) is 2.97. The van der Waals surface area contributed by atoms with Crippen molar-refractivity contribution in [1.29, 1.82) is 0 Å². The Bertz CT molecular complexity index is 1220. The molecule has 3 aromatic carbocycles. The number of hydrogen-bond donors (Lipinski definition) is 3. The van der Waals surface area contributed by atoms with Gasteiger partial charge in [0.15, 0.2) is 5.82 Å². The van der Waals surface area contributed by atoms with Gasteiger partial charge in [0, 0.05) is 17.1 Å². The van der Waals surface area contributed by atoms with Gasteiger partial charge in [-0.3, -0.25) is 10.4 Å². The first-order valence-corrected chi connectivity index (χ1v) is 9.29. The fraction of sp³-hybridized carbons (Fsp3) is 0.0909. The summed E-state index contributed by atoms with van der Waals surface area (Å²) >= 11 is 0. The highest BCUT2D eigenvalue weighted by Crippen LogP contribution is 2.27. The van der Waals surface area contributed by atoms with Crippen molar-refractivity contribution in [3.8, 4) is 11.5 Å². The molecule has 0 unspecified atom stereocenters. The number of hydrogen-bond acceptors (Lipinski definition) is 4. The van der Waals surface area contributed by atoms with E-state index in [4.69, 9.17) is 9.47 Å². The second kappa shape index (κ2) is 8.70. The number of anilines is 2. The molecule has 0 aliphatic rings. The molecule has 158 valence electrons. The SMILES string of the molecule is COc1cccc(NC(=O)Nc2n[nH]c3ccc(OCc4c(F)cccc4F)cc23)c1. The summed E-state index contributed by atoms with van der Waals surface area (Å²) in [6.07, 6.45) is 0. The number of H-pyrrole nitrogens is 1. The smallest absolute Gasteiger partial charge is 0.324 e. The number of nitrogens with zero attached hydrogens (tertiary/aromatic N) is 1. The van der Waals surface area contributed by atoms with Crippen molar-refractivity contribution in [2.75, 3.05) is 17.7 Å². The number of carbonyl (C=O) groups is 1. The molecule has 0 atom stereocenters. The van der Waals surface area contributed by atoms with E-state index in [1.165, 1.54) is 25.3 Å². The molecule has 0 aliphatic heterocycles. The minimum absolute atomic E-state index is 0.161. The molecule has 0 saturated heterocycles. The standard InChI is InChI=1S/C22H18F2N4O3/c1-30-14-5-2-4-13(10-14)25-22(29)26-21-16-11-15(8-9-20(16)27-28-21)31-12-17-18(23)6-3-7-19(17)24/h2-11H,12H2,1H3,(H3,25,26,27,28,29). The Hall–Kier alpha value is -4.14. The van der Waals surface area contributed by atoms with Crippen LogP contribution in [0.4, 0.5) is 25.1 Å². The lowest BCUT2D eigenvalue weighted by Gasteiger charge is -2.09. The van der Waals surface area contributed by atoms with E-state index in [0.29, 0.717) is 28.1 Å². The van der Waals surface area contributed by atoms with Gasteiger partial charge in [0.05, 0.1) is 18.2 Å². The first-order valence-electron chi connectivity index (χ1n) is 9.29. The minimum atomic E-state index is -0.680. The van der Waals surface area contributed by atoms with Crippen molar-refractivity contribution in [3.05, 3.63) is 77.9 Å². The van der Waals surface area contributed by atoms with Gasteiger partial charge in [-0.25, -0.2) is 13.6 Å². The molecule has 2 amide bonds. The topological polar surface area (TPSA) is 88.3 Å². The van der Waals surface area contributed by atoms with Crippen LogP contribution in [0.2, 0.25) is 0 Å². The summed E-state index contributed by atoms with van der Waals surface area (Å²) in [6.45, 7) is -0.277. The summed E-state index contributed by atoms with van der Waals surface area (Å²) < 4.78 is 38.3. The maximum absolute atomic E-state index is 13.8. The number of amides is 2. The third-order valence-corrected chi connectivity index (χ3v) is 4.54. The van der Waals surface area contributed by atoms with Crippen LogP contribution in [0.25, 0.3) is 10.9 Å². The van der Waals surface area contributed by atoms with Crippen molar-refractivity contribution >= 4 is 28.4 Å². The van der Waals surface area contributed by atoms with Crippen LogP contribution in [0.3, 0.4) is 0 Å². The molecule has 1 heterocycles. The van der Waals surface area contributed by atoms with Crippen molar-refractivity contribution in [3.63, 3.8) is 0 Å². The number of aromatic amines is 1. The fourth-order valence-corrected chi connectivity index (χ4v) is 2.97. The number of benzene rings is 3. The number of halogens is 2. The highest BCUT2D eigenvalue weighted by molar-refractivity contribution is 6.04. The number of urea groups is 1. The Labute approximate surface area is 176 Å². The predicted molar refractivity (Wildman–Crippen MR) is 112 cm³/mol. The maximum atomic E-state index is 13.8. The molecule has 0 spiro atoms. The number of rotatable bonds is 6. The first-order chi connectivity index (χ1) is 15.0. The number of fused-ring (bicyclic) bond motifs is 1. The van der Waals surface area contributed by atoms with Gasteiger partial charge in [-0.05, 0) is 42.5 Å². The van der Waals surface area contributed by atoms with Gasteiger partial charge < -0.3 is 14.8 Å². The van der Waals surface area contributed by atoms with E-state index >= 15 is 0 Å². The molecule has 4 aromatic rings. The molecular weight excluding hydrogens is 406 g/mol. The van der Waals surface area contributed by atoms with Gasteiger partial charge >= 0.3 is 6.03 Å². The number of methoxy groups -OCH3 is 1. The van der Waals surface area contributed by atoms with E-state index < -0.39 is 17.7 Å². The largest absolute Gasteiger partial charge is 0.497 e. The lowest BCUT2D eigenvalue weighted by Crippen LogP contribution is -2.19. The molecule has 0 saturated carbocycles. The monoisotopic (exact) mass is 424 g/mol. The normalized spacial score (nSPS) is 10.7. The number of nitrogens with one attached hydrogen (secondary N) is 3. The van der Waals surface area contributed by atoms with Crippen LogP contribution >= 0.6 is 0 Å². The molecular formula is C22H18F2N4O3. The van der Waals surface area contributed by atoms with Crippen molar-refractivity contribution < 1.29 is 23.0 Å². The van der Waals surface area contributed by atoms with Crippen molar-refractivity contribution in [2.45, 2.75) is 6.61 Å². The van der Waals surface area contributed by atoms with Gasteiger partial charge in [-0.15, -0.1) is 0 Å². The van der Waals surface area contributed by atoms with E-state index in [-0.39, 0.29) is 18.0 Å². The lowest BCUT2D eigenvalue weighted by molar-refractivity contribution is 0.262. The molecule has 0 bridgehead atoms. The second-order valence-corrected chi connectivity index (χ2v) is 6.58. The lowest BCUT2D eigenvalue weighted by atomic mass is 10.2.